The van der Waals surface area contributed by atoms with Crippen LogP contribution in [-0.4, -0.2) is 23.8 Å². The van der Waals surface area contributed by atoms with Crippen LogP contribution in [0.2, 0.25) is 0 Å². The van der Waals surface area contributed by atoms with Gasteiger partial charge in [0.05, 0.1) is 5.69 Å². The molecule has 2 N–H and O–H groups in total. The second-order valence-corrected chi connectivity index (χ2v) is 3.97. The summed E-state index contributed by atoms with van der Waals surface area (Å²) >= 11 is 0. The summed E-state index contributed by atoms with van der Waals surface area (Å²) in [5.74, 6) is -2.30. The molecule has 0 aliphatic rings. The third-order valence-electron chi connectivity index (χ3n) is 2.43. The molecule has 0 fully saturated rings. The van der Waals surface area contributed by atoms with Crippen LogP contribution in [0.5, 0.6) is 0 Å². The summed E-state index contributed by atoms with van der Waals surface area (Å²) in [6.45, 7) is 0.153. The highest BCUT2D eigenvalue weighted by Gasteiger charge is 2.25. The van der Waals surface area contributed by atoms with Crippen LogP contribution < -0.4 is 5.32 Å². The molecule has 0 heterocycles. The molecule has 0 amide bonds. The number of carbonyl (C=O) groups is 1. The number of rotatable bonds is 6. The lowest BCUT2D eigenvalue weighted by molar-refractivity contribution is -0.135. The van der Waals surface area contributed by atoms with Crippen LogP contribution in [-0.2, 0) is 0 Å². The molecule has 0 aliphatic carbocycles. The summed E-state index contributed by atoms with van der Waals surface area (Å²) in [7, 11) is 0. The molecule has 1 aromatic rings. The van der Waals surface area contributed by atoms with Crippen LogP contribution in [0.15, 0.2) is 18.2 Å². The molecule has 0 bridgehead atoms. The molecule has 0 saturated carbocycles. The molecule has 106 valence electrons. The van der Waals surface area contributed by atoms with E-state index < -0.39 is 29.9 Å². The first kappa shape index (κ1) is 15.3. The molecule has 0 atom stereocenters. The van der Waals surface area contributed by atoms with E-state index >= 15 is 0 Å². The summed E-state index contributed by atoms with van der Waals surface area (Å²) in [5, 5.41) is 11.5. The first-order valence-corrected chi connectivity index (χ1v) is 5.63. The standard InChI is InChI=1S/C12H13F4NO2/c13-8-4-3-5-9(10(8)11(18)19)17-7-2-1-6-12(14,15)16/h3-5,17H,1-2,6-7H2,(H,18,19). The summed E-state index contributed by atoms with van der Waals surface area (Å²) < 4.78 is 48.9. The average molecular weight is 279 g/mol. The SMILES string of the molecule is O=C(O)c1c(F)cccc1NCCCCC(F)(F)F. The van der Waals surface area contributed by atoms with E-state index in [9.17, 15) is 22.4 Å². The van der Waals surface area contributed by atoms with E-state index in [1.54, 1.807) is 0 Å². The quantitative estimate of drug-likeness (QED) is 0.617. The second kappa shape index (κ2) is 6.40. The van der Waals surface area contributed by atoms with E-state index in [1.807, 2.05) is 0 Å². The van der Waals surface area contributed by atoms with Gasteiger partial charge in [-0.25, -0.2) is 9.18 Å². The van der Waals surface area contributed by atoms with Crippen molar-refractivity contribution in [1.29, 1.82) is 0 Å². The Morgan fingerprint density at radius 3 is 2.53 bits per heavy atom. The number of benzene rings is 1. The van der Waals surface area contributed by atoms with Crippen LogP contribution in [0.1, 0.15) is 29.6 Å². The van der Waals surface area contributed by atoms with Gasteiger partial charge in [-0.1, -0.05) is 6.07 Å². The molecule has 19 heavy (non-hydrogen) atoms. The fourth-order valence-corrected chi connectivity index (χ4v) is 1.56. The maximum Gasteiger partial charge on any atom is 0.389 e. The predicted molar refractivity (Wildman–Crippen MR) is 61.8 cm³/mol. The van der Waals surface area contributed by atoms with Gasteiger partial charge in [0.1, 0.15) is 11.4 Å². The number of unbranched alkanes of at least 4 members (excludes halogenated alkanes) is 1. The lowest BCUT2D eigenvalue weighted by Gasteiger charge is -2.10. The van der Waals surface area contributed by atoms with Gasteiger partial charge < -0.3 is 10.4 Å². The Labute approximate surface area is 107 Å². The zero-order valence-electron chi connectivity index (χ0n) is 9.93. The van der Waals surface area contributed by atoms with Crippen LogP contribution in [0.25, 0.3) is 0 Å². The third-order valence-corrected chi connectivity index (χ3v) is 2.43. The van der Waals surface area contributed by atoms with Crippen LogP contribution in [0, 0.1) is 5.82 Å². The Balaban J connectivity index is 2.50. The molecular weight excluding hydrogens is 266 g/mol. The molecule has 0 aromatic heterocycles. The minimum atomic E-state index is -4.19. The van der Waals surface area contributed by atoms with Gasteiger partial charge in [0, 0.05) is 13.0 Å². The minimum Gasteiger partial charge on any atom is -0.478 e. The van der Waals surface area contributed by atoms with Crippen molar-refractivity contribution >= 4 is 11.7 Å². The maximum atomic E-state index is 13.3. The van der Waals surface area contributed by atoms with E-state index in [1.165, 1.54) is 12.1 Å². The number of hydrogen-bond donors (Lipinski definition) is 2. The van der Waals surface area contributed by atoms with Gasteiger partial charge in [0.15, 0.2) is 0 Å². The Kier molecular flexibility index (Phi) is 5.14. The summed E-state index contributed by atoms with van der Waals surface area (Å²) in [4.78, 5) is 10.8. The smallest absolute Gasteiger partial charge is 0.389 e. The highest BCUT2D eigenvalue weighted by molar-refractivity contribution is 5.94. The summed E-state index contributed by atoms with van der Waals surface area (Å²) in [5.41, 5.74) is -0.433. The van der Waals surface area contributed by atoms with Gasteiger partial charge in [0.25, 0.3) is 0 Å². The molecule has 0 unspecified atom stereocenters. The monoisotopic (exact) mass is 279 g/mol. The molecule has 3 nitrogen and oxygen atoms in total. The number of nitrogens with one attached hydrogen (secondary N) is 1. The zero-order valence-corrected chi connectivity index (χ0v) is 9.93. The highest BCUT2D eigenvalue weighted by atomic mass is 19.4. The lowest BCUT2D eigenvalue weighted by atomic mass is 10.1. The van der Waals surface area contributed by atoms with Crippen molar-refractivity contribution in [3.05, 3.63) is 29.6 Å². The molecule has 7 heteroatoms. The molecule has 0 aliphatic heterocycles. The van der Waals surface area contributed by atoms with Gasteiger partial charge in [-0.3, -0.25) is 0 Å². The van der Waals surface area contributed by atoms with Gasteiger partial charge in [-0.2, -0.15) is 13.2 Å². The fraction of sp³-hybridized carbons (Fsp3) is 0.417. The van der Waals surface area contributed by atoms with Crippen molar-refractivity contribution in [1.82, 2.24) is 0 Å². The van der Waals surface area contributed by atoms with Crippen LogP contribution >= 0.6 is 0 Å². The number of halogens is 4. The molecular formula is C12H13F4NO2. The van der Waals surface area contributed by atoms with E-state index in [0.29, 0.717) is 0 Å². The number of hydrogen-bond acceptors (Lipinski definition) is 2. The Morgan fingerprint density at radius 1 is 1.26 bits per heavy atom. The first-order chi connectivity index (χ1) is 8.81. The van der Waals surface area contributed by atoms with Gasteiger partial charge in [-0.15, -0.1) is 0 Å². The predicted octanol–water partition coefficient (Wildman–Crippen LogP) is 3.67. The highest BCUT2D eigenvalue weighted by Crippen LogP contribution is 2.23. The molecule has 1 aromatic carbocycles. The average Bonchev–Trinajstić information content (AvgIpc) is 2.26. The van der Waals surface area contributed by atoms with Gasteiger partial charge in [0.2, 0.25) is 0 Å². The Hall–Kier alpha value is -1.79. The van der Waals surface area contributed by atoms with Crippen molar-refractivity contribution in [2.75, 3.05) is 11.9 Å². The van der Waals surface area contributed by atoms with Crippen molar-refractivity contribution in [3.63, 3.8) is 0 Å². The number of anilines is 1. The lowest BCUT2D eigenvalue weighted by Crippen LogP contribution is -2.11. The number of carboxylic acid groups (broad SMARTS) is 1. The Bertz CT molecular complexity index is 446. The number of carboxylic acids is 1. The van der Waals surface area contributed by atoms with E-state index in [4.69, 9.17) is 5.11 Å². The number of alkyl halides is 3. The van der Waals surface area contributed by atoms with Crippen LogP contribution in [0.4, 0.5) is 23.2 Å². The fourth-order valence-electron chi connectivity index (χ4n) is 1.56. The van der Waals surface area contributed by atoms with Gasteiger partial charge in [-0.05, 0) is 25.0 Å². The summed E-state index contributed by atoms with van der Waals surface area (Å²) in [6.07, 6.45) is -4.92. The van der Waals surface area contributed by atoms with E-state index in [2.05, 4.69) is 5.32 Å². The normalized spacial score (nSPS) is 11.4. The van der Waals surface area contributed by atoms with E-state index in [0.717, 1.165) is 6.07 Å². The molecule has 0 saturated heterocycles. The van der Waals surface area contributed by atoms with Crippen molar-refractivity contribution < 1.29 is 27.5 Å². The van der Waals surface area contributed by atoms with E-state index in [-0.39, 0.29) is 25.1 Å². The molecule has 0 radical (unpaired) electrons. The molecule has 0 spiro atoms. The topological polar surface area (TPSA) is 49.3 Å². The maximum absolute atomic E-state index is 13.3. The zero-order chi connectivity index (χ0) is 14.5. The summed E-state index contributed by atoms with van der Waals surface area (Å²) in [6, 6.07) is 3.72. The van der Waals surface area contributed by atoms with Crippen molar-refractivity contribution in [2.24, 2.45) is 0 Å². The van der Waals surface area contributed by atoms with Crippen LogP contribution in [0.3, 0.4) is 0 Å². The van der Waals surface area contributed by atoms with Gasteiger partial charge >= 0.3 is 12.1 Å². The first-order valence-electron chi connectivity index (χ1n) is 5.63. The minimum absolute atomic E-state index is 0.0613. The number of aromatic carboxylic acids is 1. The van der Waals surface area contributed by atoms with Crippen molar-refractivity contribution in [3.8, 4) is 0 Å². The third kappa shape index (κ3) is 5.15. The second-order valence-electron chi connectivity index (χ2n) is 3.97. The van der Waals surface area contributed by atoms with Crippen molar-refractivity contribution in [2.45, 2.75) is 25.4 Å². The largest absolute Gasteiger partial charge is 0.478 e. The Morgan fingerprint density at radius 2 is 1.95 bits per heavy atom. The molecule has 1 rings (SSSR count).